The molecule has 168 valence electrons. The molecule has 2 fully saturated rings. The Bertz CT molecular complexity index is 842. The second-order valence-electron chi connectivity index (χ2n) is 8.44. The summed E-state index contributed by atoms with van der Waals surface area (Å²) < 4.78 is 13.9. The third-order valence-corrected chi connectivity index (χ3v) is 5.99. The second kappa shape index (κ2) is 10.7. The van der Waals surface area contributed by atoms with Gasteiger partial charge in [-0.2, -0.15) is 5.10 Å². The van der Waals surface area contributed by atoms with Crippen LogP contribution in [0.2, 0.25) is 0 Å². The first kappa shape index (κ1) is 21.7. The minimum atomic E-state index is 0.0162. The number of aryl methyl sites for hydroxylation is 1. The fraction of sp³-hybridized carbons (Fsp3) is 0.583. The molecule has 1 unspecified atom stereocenters. The highest BCUT2D eigenvalue weighted by Crippen LogP contribution is 2.24. The van der Waals surface area contributed by atoms with Crippen molar-refractivity contribution in [2.75, 3.05) is 26.2 Å². The molecule has 1 atom stereocenters. The number of hydrogen-bond acceptors (Lipinski definition) is 4. The first-order valence-corrected chi connectivity index (χ1v) is 11.6. The Balaban J connectivity index is 1.36. The number of aromatic nitrogens is 2. The third kappa shape index (κ3) is 6.00. The molecule has 1 aromatic heterocycles. The lowest BCUT2D eigenvalue weighted by Gasteiger charge is -2.34. The van der Waals surface area contributed by atoms with Crippen LogP contribution in [0.4, 0.5) is 0 Å². The molecule has 1 aliphatic heterocycles. The lowest BCUT2D eigenvalue weighted by Crippen LogP contribution is -2.48. The SMILES string of the molecule is CCNC(=NCc1ccc(OC2CCCCC2)cc1)N1CCOC(c2cnn(C)c2)C1. The van der Waals surface area contributed by atoms with Crippen molar-refractivity contribution in [1.82, 2.24) is 20.0 Å². The van der Waals surface area contributed by atoms with Gasteiger partial charge in [-0.15, -0.1) is 0 Å². The highest BCUT2D eigenvalue weighted by molar-refractivity contribution is 5.80. The van der Waals surface area contributed by atoms with Crippen molar-refractivity contribution in [3.05, 3.63) is 47.8 Å². The van der Waals surface area contributed by atoms with Crippen molar-refractivity contribution in [3.63, 3.8) is 0 Å². The van der Waals surface area contributed by atoms with E-state index in [1.54, 1.807) is 0 Å². The third-order valence-electron chi connectivity index (χ3n) is 5.99. The van der Waals surface area contributed by atoms with Crippen molar-refractivity contribution in [2.24, 2.45) is 12.0 Å². The molecule has 0 amide bonds. The molecule has 1 aromatic carbocycles. The lowest BCUT2D eigenvalue weighted by atomic mass is 9.98. The van der Waals surface area contributed by atoms with Gasteiger partial charge in [0, 0.05) is 31.9 Å². The monoisotopic (exact) mass is 425 g/mol. The van der Waals surface area contributed by atoms with Crippen LogP contribution in [0.1, 0.15) is 56.3 Å². The maximum atomic E-state index is 6.15. The summed E-state index contributed by atoms with van der Waals surface area (Å²) in [7, 11) is 1.93. The lowest BCUT2D eigenvalue weighted by molar-refractivity contribution is -0.00805. The number of ether oxygens (including phenoxy) is 2. The van der Waals surface area contributed by atoms with Crippen LogP contribution in [-0.2, 0) is 18.3 Å². The molecule has 31 heavy (non-hydrogen) atoms. The normalized spacial score (nSPS) is 20.6. The molecular weight excluding hydrogens is 390 g/mol. The second-order valence-corrected chi connectivity index (χ2v) is 8.44. The van der Waals surface area contributed by atoms with Crippen LogP contribution in [0.3, 0.4) is 0 Å². The zero-order valence-electron chi connectivity index (χ0n) is 18.8. The molecule has 1 saturated carbocycles. The number of nitrogens with one attached hydrogen (secondary N) is 1. The van der Waals surface area contributed by atoms with E-state index in [9.17, 15) is 0 Å². The van der Waals surface area contributed by atoms with Gasteiger partial charge < -0.3 is 19.7 Å². The van der Waals surface area contributed by atoms with E-state index in [0.29, 0.717) is 19.3 Å². The molecule has 0 radical (unpaired) electrons. The smallest absolute Gasteiger partial charge is 0.194 e. The van der Waals surface area contributed by atoms with Gasteiger partial charge in [0.1, 0.15) is 11.9 Å². The van der Waals surface area contributed by atoms with Crippen LogP contribution in [0.25, 0.3) is 0 Å². The molecular formula is C24H35N5O2. The Morgan fingerprint density at radius 2 is 2.03 bits per heavy atom. The van der Waals surface area contributed by atoms with Crippen LogP contribution in [0, 0.1) is 0 Å². The van der Waals surface area contributed by atoms with Crippen LogP contribution < -0.4 is 10.1 Å². The quantitative estimate of drug-likeness (QED) is 0.565. The molecule has 2 heterocycles. The summed E-state index contributed by atoms with van der Waals surface area (Å²) >= 11 is 0. The van der Waals surface area contributed by atoms with Crippen molar-refractivity contribution in [3.8, 4) is 5.75 Å². The molecule has 0 bridgehead atoms. The van der Waals surface area contributed by atoms with E-state index < -0.39 is 0 Å². The topological polar surface area (TPSA) is 63.9 Å². The zero-order chi connectivity index (χ0) is 21.5. The van der Waals surface area contributed by atoms with Gasteiger partial charge in [0.25, 0.3) is 0 Å². The van der Waals surface area contributed by atoms with E-state index in [4.69, 9.17) is 14.5 Å². The van der Waals surface area contributed by atoms with Crippen molar-refractivity contribution >= 4 is 5.96 Å². The van der Waals surface area contributed by atoms with E-state index in [0.717, 1.165) is 36.9 Å². The number of rotatable bonds is 6. The zero-order valence-corrected chi connectivity index (χ0v) is 18.8. The number of benzene rings is 1. The number of nitrogens with zero attached hydrogens (tertiary/aromatic N) is 4. The fourth-order valence-electron chi connectivity index (χ4n) is 4.29. The summed E-state index contributed by atoms with van der Waals surface area (Å²) in [6.45, 7) is 5.86. The summed E-state index contributed by atoms with van der Waals surface area (Å²) in [5.74, 6) is 1.90. The number of morpholine rings is 1. The van der Waals surface area contributed by atoms with Gasteiger partial charge in [-0.1, -0.05) is 18.6 Å². The van der Waals surface area contributed by atoms with Crippen LogP contribution in [-0.4, -0.2) is 53.0 Å². The highest BCUT2D eigenvalue weighted by Gasteiger charge is 2.25. The first-order valence-electron chi connectivity index (χ1n) is 11.6. The van der Waals surface area contributed by atoms with Crippen molar-refractivity contribution < 1.29 is 9.47 Å². The summed E-state index contributed by atoms with van der Waals surface area (Å²) in [4.78, 5) is 7.18. The first-order chi connectivity index (χ1) is 15.2. The molecule has 1 aliphatic carbocycles. The van der Waals surface area contributed by atoms with Gasteiger partial charge in [-0.05, 0) is 50.3 Å². The Labute approximate surface area is 185 Å². The number of guanidine groups is 1. The van der Waals surface area contributed by atoms with Gasteiger partial charge in [0.15, 0.2) is 5.96 Å². The summed E-state index contributed by atoms with van der Waals surface area (Å²) in [6, 6.07) is 8.42. The van der Waals surface area contributed by atoms with E-state index in [1.807, 2.05) is 24.1 Å². The molecule has 1 N–H and O–H groups in total. The van der Waals surface area contributed by atoms with E-state index in [1.165, 1.54) is 37.7 Å². The molecule has 1 saturated heterocycles. The number of hydrogen-bond donors (Lipinski definition) is 1. The minimum Gasteiger partial charge on any atom is -0.490 e. The largest absolute Gasteiger partial charge is 0.490 e. The summed E-state index contributed by atoms with van der Waals surface area (Å²) in [6.07, 6.45) is 10.6. The number of aliphatic imine (C=N–C) groups is 1. The maximum absolute atomic E-state index is 6.15. The fourth-order valence-corrected chi connectivity index (χ4v) is 4.29. The molecule has 7 nitrogen and oxygen atoms in total. The Hall–Kier alpha value is -2.54. The van der Waals surface area contributed by atoms with Crippen molar-refractivity contribution in [2.45, 2.75) is 57.8 Å². The standard InChI is InChI=1S/C24H35N5O2/c1-3-25-24(29-13-14-30-23(18-29)20-16-27-28(2)17-20)26-15-19-9-11-22(12-10-19)31-21-7-5-4-6-8-21/h9-12,16-17,21,23H,3-8,13-15,18H2,1-2H3,(H,25,26). The average molecular weight is 426 g/mol. The minimum absolute atomic E-state index is 0.0162. The van der Waals surface area contributed by atoms with Crippen LogP contribution >= 0.6 is 0 Å². The molecule has 4 rings (SSSR count). The van der Waals surface area contributed by atoms with Gasteiger partial charge in [0.2, 0.25) is 0 Å². The predicted octanol–water partition coefficient (Wildman–Crippen LogP) is 3.67. The Morgan fingerprint density at radius 3 is 2.74 bits per heavy atom. The molecule has 7 heteroatoms. The Morgan fingerprint density at radius 1 is 1.23 bits per heavy atom. The summed E-state index contributed by atoms with van der Waals surface area (Å²) in [5, 5.41) is 7.72. The molecule has 0 spiro atoms. The average Bonchev–Trinajstić information content (AvgIpc) is 3.25. The molecule has 2 aliphatic rings. The van der Waals surface area contributed by atoms with Gasteiger partial charge in [-0.25, -0.2) is 4.99 Å². The highest BCUT2D eigenvalue weighted by atomic mass is 16.5. The Kier molecular flexibility index (Phi) is 7.46. The van der Waals surface area contributed by atoms with Gasteiger partial charge >= 0.3 is 0 Å². The van der Waals surface area contributed by atoms with Gasteiger partial charge in [-0.3, -0.25) is 4.68 Å². The van der Waals surface area contributed by atoms with Crippen molar-refractivity contribution in [1.29, 1.82) is 0 Å². The predicted molar refractivity (Wildman–Crippen MR) is 122 cm³/mol. The van der Waals surface area contributed by atoms with E-state index >= 15 is 0 Å². The van der Waals surface area contributed by atoms with E-state index in [-0.39, 0.29) is 6.10 Å². The summed E-state index contributed by atoms with van der Waals surface area (Å²) in [5.41, 5.74) is 2.29. The van der Waals surface area contributed by atoms with Crippen LogP contribution in [0.15, 0.2) is 41.7 Å². The maximum Gasteiger partial charge on any atom is 0.194 e. The van der Waals surface area contributed by atoms with Crippen LogP contribution in [0.5, 0.6) is 5.75 Å². The van der Waals surface area contributed by atoms with E-state index in [2.05, 4.69) is 46.5 Å². The van der Waals surface area contributed by atoms with Gasteiger partial charge in [0.05, 0.1) is 32.0 Å². The molecule has 2 aromatic rings.